The molecule has 20 heavy (non-hydrogen) atoms. The van der Waals surface area contributed by atoms with Gasteiger partial charge >= 0.3 is 0 Å². The lowest BCUT2D eigenvalue weighted by Gasteiger charge is -2.04. The summed E-state index contributed by atoms with van der Waals surface area (Å²) in [4.78, 5) is 0. The van der Waals surface area contributed by atoms with E-state index in [0.717, 1.165) is 18.4 Å². The van der Waals surface area contributed by atoms with Gasteiger partial charge in [0.25, 0.3) is 0 Å². The Kier molecular flexibility index (Phi) is 3.03. The highest BCUT2D eigenvalue weighted by molar-refractivity contribution is 5.64. The summed E-state index contributed by atoms with van der Waals surface area (Å²) in [6, 6.07) is 8.71. The molecule has 5 nitrogen and oxygen atoms in total. The molecule has 1 saturated carbocycles. The van der Waals surface area contributed by atoms with Crippen LogP contribution in [0.5, 0.6) is 0 Å². The maximum absolute atomic E-state index is 13.2. The first kappa shape index (κ1) is 12.5. The van der Waals surface area contributed by atoms with Gasteiger partial charge in [-0.15, -0.1) is 0 Å². The first-order valence-electron chi connectivity index (χ1n) is 6.44. The molecule has 1 heterocycles. The Hall–Kier alpha value is -2.55. The zero-order valence-electron chi connectivity index (χ0n) is 10.8. The summed E-state index contributed by atoms with van der Waals surface area (Å²) in [5, 5.41) is 16.7. The van der Waals surface area contributed by atoms with Crippen molar-refractivity contribution in [3.05, 3.63) is 41.2 Å². The second-order valence-corrected chi connectivity index (χ2v) is 4.93. The van der Waals surface area contributed by atoms with Crippen LogP contribution in [0.4, 0.5) is 16.0 Å². The number of hydrogen-bond acceptors (Lipinski definition) is 4. The van der Waals surface area contributed by atoms with Gasteiger partial charge in [-0.1, -0.05) is 12.1 Å². The van der Waals surface area contributed by atoms with Crippen molar-refractivity contribution in [1.82, 2.24) is 9.78 Å². The third-order valence-electron chi connectivity index (χ3n) is 3.24. The minimum absolute atomic E-state index is 0.301. The van der Waals surface area contributed by atoms with Crippen LogP contribution in [0.25, 0.3) is 0 Å². The number of rotatable bonds is 4. The Morgan fingerprint density at radius 1 is 1.50 bits per heavy atom. The maximum Gasteiger partial charge on any atom is 0.168 e. The van der Waals surface area contributed by atoms with E-state index in [1.165, 1.54) is 16.8 Å². The van der Waals surface area contributed by atoms with E-state index in [1.807, 2.05) is 0 Å². The third-order valence-corrected chi connectivity index (χ3v) is 3.24. The number of benzene rings is 1. The normalized spacial score (nSPS) is 14.0. The summed E-state index contributed by atoms with van der Waals surface area (Å²) in [6.45, 7) is 0.338. The van der Waals surface area contributed by atoms with Gasteiger partial charge in [-0.05, 0) is 30.5 Å². The van der Waals surface area contributed by atoms with Crippen molar-refractivity contribution in [3.63, 3.8) is 0 Å². The molecule has 1 aliphatic rings. The van der Waals surface area contributed by atoms with Crippen LogP contribution in [0.3, 0.4) is 0 Å². The predicted molar refractivity (Wildman–Crippen MR) is 73.5 cm³/mol. The Morgan fingerprint density at radius 2 is 2.30 bits per heavy atom. The summed E-state index contributed by atoms with van der Waals surface area (Å²) in [5.41, 5.74) is 7.05. The van der Waals surface area contributed by atoms with Gasteiger partial charge in [-0.25, -0.2) is 9.07 Å². The second kappa shape index (κ2) is 4.85. The van der Waals surface area contributed by atoms with Crippen LogP contribution in [0.15, 0.2) is 24.3 Å². The molecule has 0 aliphatic heterocycles. The van der Waals surface area contributed by atoms with E-state index in [4.69, 9.17) is 5.73 Å². The zero-order chi connectivity index (χ0) is 14.1. The largest absolute Gasteiger partial charge is 0.383 e. The topological polar surface area (TPSA) is 79.7 Å². The number of aromatic nitrogens is 2. The van der Waals surface area contributed by atoms with Gasteiger partial charge in [0, 0.05) is 6.04 Å². The Labute approximate surface area is 115 Å². The van der Waals surface area contributed by atoms with Crippen molar-refractivity contribution in [1.29, 1.82) is 5.26 Å². The molecule has 3 rings (SSSR count). The van der Waals surface area contributed by atoms with Crippen LogP contribution in [0.1, 0.15) is 24.0 Å². The fourth-order valence-corrected chi connectivity index (χ4v) is 2.04. The zero-order valence-corrected chi connectivity index (χ0v) is 10.8. The molecular formula is C14H14FN5. The molecule has 0 radical (unpaired) electrons. The monoisotopic (exact) mass is 271 g/mol. The van der Waals surface area contributed by atoms with Crippen molar-refractivity contribution in [2.75, 3.05) is 11.1 Å². The average Bonchev–Trinajstić information content (AvgIpc) is 3.17. The average molecular weight is 271 g/mol. The van der Waals surface area contributed by atoms with Gasteiger partial charge in [-0.2, -0.15) is 10.4 Å². The van der Waals surface area contributed by atoms with Gasteiger partial charge in [0.15, 0.2) is 5.82 Å². The van der Waals surface area contributed by atoms with Gasteiger partial charge in [0.05, 0.1) is 6.54 Å². The predicted octanol–water partition coefficient (Wildman–Crippen LogP) is 2.10. The van der Waals surface area contributed by atoms with Crippen LogP contribution >= 0.6 is 0 Å². The summed E-state index contributed by atoms with van der Waals surface area (Å²) < 4.78 is 14.7. The van der Waals surface area contributed by atoms with Crippen LogP contribution in [0, 0.1) is 17.1 Å². The van der Waals surface area contributed by atoms with Crippen LogP contribution < -0.4 is 11.1 Å². The Bertz CT molecular complexity index is 681. The van der Waals surface area contributed by atoms with Crippen molar-refractivity contribution in [2.45, 2.75) is 25.4 Å². The molecule has 2 aromatic rings. The number of hydrogen-bond donors (Lipinski definition) is 2. The highest BCUT2D eigenvalue weighted by Crippen LogP contribution is 2.28. The first-order valence-corrected chi connectivity index (χ1v) is 6.44. The minimum Gasteiger partial charge on any atom is -0.383 e. The number of nitrogens with one attached hydrogen (secondary N) is 1. The number of nitriles is 1. The van der Waals surface area contributed by atoms with Gasteiger partial charge in [-0.3, -0.25) is 0 Å². The van der Waals surface area contributed by atoms with Crippen LogP contribution in [-0.2, 0) is 6.54 Å². The highest BCUT2D eigenvalue weighted by atomic mass is 19.1. The van der Waals surface area contributed by atoms with E-state index < -0.39 is 0 Å². The molecule has 3 N–H and O–H groups in total. The summed E-state index contributed by atoms with van der Waals surface area (Å²) in [7, 11) is 0. The van der Waals surface area contributed by atoms with E-state index in [1.54, 1.807) is 12.1 Å². The highest BCUT2D eigenvalue weighted by Gasteiger charge is 2.25. The summed E-state index contributed by atoms with van der Waals surface area (Å²) in [5.74, 6) is 0.522. The second-order valence-electron chi connectivity index (χ2n) is 4.93. The molecule has 6 heteroatoms. The molecule has 0 bridgehead atoms. The summed E-state index contributed by atoms with van der Waals surface area (Å²) >= 11 is 0. The van der Waals surface area contributed by atoms with E-state index >= 15 is 0 Å². The number of halogens is 1. The third kappa shape index (κ3) is 2.43. The van der Waals surface area contributed by atoms with E-state index in [-0.39, 0.29) is 5.82 Å². The van der Waals surface area contributed by atoms with Crippen LogP contribution in [0.2, 0.25) is 0 Å². The molecule has 0 atom stereocenters. The standard InChI is InChI=1S/C14H14FN5/c15-10-3-1-2-9(6-10)8-20-13(17)12(7-16)14(19-20)18-11-4-5-11/h1-3,6,11H,4-5,8,17H2,(H,18,19). The van der Waals surface area contributed by atoms with E-state index in [2.05, 4.69) is 16.5 Å². The molecule has 0 saturated heterocycles. The number of anilines is 2. The number of nitrogen functional groups attached to an aromatic ring is 1. The Morgan fingerprint density at radius 3 is 2.95 bits per heavy atom. The van der Waals surface area contributed by atoms with Gasteiger partial charge in [0.2, 0.25) is 0 Å². The first-order chi connectivity index (χ1) is 9.67. The molecule has 102 valence electrons. The molecule has 1 aromatic heterocycles. The lowest BCUT2D eigenvalue weighted by molar-refractivity contribution is 0.620. The van der Waals surface area contributed by atoms with Crippen LogP contribution in [-0.4, -0.2) is 15.8 Å². The quantitative estimate of drug-likeness (QED) is 0.892. The van der Waals surface area contributed by atoms with Gasteiger partial charge < -0.3 is 11.1 Å². The maximum atomic E-state index is 13.2. The number of nitrogens with two attached hydrogens (primary N) is 1. The molecule has 0 unspecified atom stereocenters. The minimum atomic E-state index is -0.301. The van der Waals surface area contributed by atoms with E-state index in [0.29, 0.717) is 29.8 Å². The molecule has 0 amide bonds. The lowest BCUT2D eigenvalue weighted by Crippen LogP contribution is -2.07. The fraction of sp³-hybridized carbons (Fsp3) is 0.286. The molecule has 1 fully saturated rings. The van der Waals surface area contributed by atoms with Crippen molar-refractivity contribution < 1.29 is 4.39 Å². The fourth-order valence-electron chi connectivity index (χ4n) is 2.04. The molecule has 1 aromatic carbocycles. The van der Waals surface area contributed by atoms with E-state index in [9.17, 15) is 9.65 Å². The van der Waals surface area contributed by atoms with Crippen molar-refractivity contribution in [3.8, 4) is 6.07 Å². The lowest BCUT2D eigenvalue weighted by atomic mass is 10.2. The molecule has 1 aliphatic carbocycles. The smallest absolute Gasteiger partial charge is 0.168 e. The molecule has 0 spiro atoms. The van der Waals surface area contributed by atoms with Crippen molar-refractivity contribution >= 4 is 11.6 Å². The van der Waals surface area contributed by atoms with Gasteiger partial charge in [0.1, 0.15) is 23.3 Å². The SMILES string of the molecule is N#Cc1c(NC2CC2)nn(Cc2cccc(F)c2)c1N. The Balaban J connectivity index is 1.89. The number of nitrogens with zero attached hydrogens (tertiary/aromatic N) is 3. The molecular weight excluding hydrogens is 257 g/mol. The van der Waals surface area contributed by atoms with Crippen molar-refractivity contribution in [2.24, 2.45) is 0 Å². The summed E-state index contributed by atoms with van der Waals surface area (Å²) in [6.07, 6.45) is 2.17.